The van der Waals surface area contributed by atoms with Gasteiger partial charge >= 0.3 is 0 Å². The number of rotatable bonds is 3. The third-order valence-corrected chi connectivity index (χ3v) is 4.27. The summed E-state index contributed by atoms with van der Waals surface area (Å²) in [6, 6.07) is 10.1. The van der Waals surface area contributed by atoms with Gasteiger partial charge in [0, 0.05) is 17.7 Å². The van der Waals surface area contributed by atoms with Crippen molar-refractivity contribution in [3.05, 3.63) is 52.9 Å². The van der Waals surface area contributed by atoms with Gasteiger partial charge in [-0.3, -0.25) is 4.40 Å². The summed E-state index contributed by atoms with van der Waals surface area (Å²) in [4.78, 5) is 4.54. The number of fused-ring (bicyclic) bond motifs is 3. The maximum absolute atomic E-state index is 14.2. The number of ether oxygens (including phenoxy) is 1. The minimum atomic E-state index is -0.415. The molecule has 0 aliphatic carbocycles. The zero-order valence-corrected chi connectivity index (χ0v) is 14.4. The van der Waals surface area contributed by atoms with Crippen LogP contribution >= 0.6 is 11.6 Å². The van der Waals surface area contributed by atoms with Crippen LogP contribution in [0, 0.1) is 12.7 Å². The number of hydrogen-bond donors (Lipinski definition) is 0. The summed E-state index contributed by atoms with van der Waals surface area (Å²) >= 11 is 6.32. The van der Waals surface area contributed by atoms with Gasteiger partial charge in [0.1, 0.15) is 17.1 Å². The fraction of sp³-hybridized carbons (Fsp3) is 0.167. The quantitative estimate of drug-likeness (QED) is 0.544. The first kappa shape index (κ1) is 15.8. The number of halogens is 2. The molecule has 2 aromatic heterocycles. The van der Waals surface area contributed by atoms with Gasteiger partial charge in [0.25, 0.3) is 0 Å². The molecule has 2 heterocycles. The van der Waals surface area contributed by atoms with Gasteiger partial charge in [-0.25, -0.2) is 9.37 Å². The monoisotopic (exact) mass is 356 g/mol. The van der Waals surface area contributed by atoms with Crippen molar-refractivity contribution in [3.63, 3.8) is 0 Å². The molecule has 0 unspecified atom stereocenters. The lowest BCUT2D eigenvalue weighted by Gasteiger charge is -2.11. The fourth-order valence-corrected chi connectivity index (χ4v) is 3.11. The zero-order valence-electron chi connectivity index (χ0n) is 13.6. The van der Waals surface area contributed by atoms with E-state index in [1.54, 1.807) is 10.5 Å². The summed E-state index contributed by atoms with van der Waals surface area (Å²) in [6.45, 7) is 4.09. The normalized spacial score (nSPS) is 11.4. The molecule has 4 aromatic rings. The number of nitrogens with zero attached hydrogens (tertiary/aromatic N) is 4. The Morgan fingerprint density at radius 2 is 2.00 bits per heavy atom. The predicted molar refractivity (Wildman–Crippen MR) is 94.6 cm³/mol. The van der Waals surface area contributed by atoms with Gasteiger partial charge in [-0.15, -0.1) is 10.2 Å². The van der Waals surface area contributed by atoms with Crippen molar-refractivity contribution >= 4 is 28.3 Å². The first-order valence-corrected chi connectivity index (χ1v) is 8.20. The molecule has 2 aromatic carbocycles. The summed E-state index contributed by atoms with van der Waals surface area (Å²) in [5.74, 6) is 0.507. The molecule has 0 spiro atoms. The van der Waals surface area contributed by atoms with E-state index in [4.69, 9.17) is 16.3 Å². The van der Waals surface area contributed by atoms with Crippen molar-refractivity contribution < 1.29 is 9.13 Å². The van der Waals surface area contributed by atoms with Gasteiger partial charge in [0.2, 0.25) is 0 Å². The van der Waals surface area contributed by atoms with Crippen molar-refractivity contribution in [2.24, 2.45) is 0 Å². The first-order chi connectivity index (χ1) is 12.1. The largest absolute Gasteiger partial charge is 0.491 e. The maximum Gasteiger partial charge on any atom is 0.183 e. The Morgan fingerprint density at radius 1 is 1.20 bits per heavy atom. The van der Waals surface area contributed by atoms with E-state index in [-0.39, 0.29) is 0 Å². The molecule has 0 aliphatic rings. The van der Waals surface area contributed by atoms with Crippen LogP contribution in [0.4, 0.5) is 4.39 Å². The fourth-order valence-electron chi connectivity index (χ4n) is 2.89. The highest BCUT2D eigenvalue weighted by molar-refractivity contribution is 6.33. The van der Waals surface area contributed by atoms with Crippen LogP contribution in [0.5, 0.6) is 5.75 Å². The molecule has 0 amide bonds. The second-order valence-corrected chi connectivity index (χ2v) is 5.97. The van der Waals surface area contributed by atoms with Crippen molar-refractivity contribution in [1.29, 1.82) is 0 Å². The molecule has 0 fully saturated rings. The third-order valence-electron chi connectivity index (χ3n) is 3.94. The number of hydrogen-bond acceptors (Lipinski definition) is 4. The lowest BCUT2D eigenvalue weighted by molar-refractivity contribution is 0.341. The lowest BCUT2D eigenvalue weighted by atomic mass is 10.2. The van der Waals surface area contributed by atoms with Crippen LogP contribution in [0.1, 0.15) is 12.6 Å². The van der Waals surface area contributed by atoms with Crippen LogP contribution in [-0.4, -0.2) is 26.2 Å². The Labute approximate surface area is 148 Å². The van der Waals surface area contributed by atoms with E-state index in [1.807, 2.05) is 32.0 Å². The second-order valence-electron chi connectivity index (χ2n) is 5.56. The van der Waals surface area contributed by atoms with Crippen LogP contribution in [0.2, 0.25) is 5.02 Å². The van der Waals surface area contributed by atoms with E-state index in [2.05, 4.69) is 15.2 Å². The number of aryl methyl sites for hydroxylation is 1. The van der Waals surface area contributed by atoms with Crippen LogP contribution in [-0.2, 0) is 0 Å². The molecule has 0 N–H and O–H groups in total. The Hall–Kier alpha value is -2.73. The van der Waals surface area contributed by atoms with Crippen LogP contribution < -0.4 is 4.74 Å². The van der Waals surface area contributed by atoms with Gasteiger partial charge in [0.15, 0.2) is 11.5 Å². The van der Waals surface area contributed by atoms with Crippen molar-refractivity contribution in [3.8, 4) is 17.1 Å². The van der Waals surface area contributed by atoms with Crippen LogP contribution in [0.15, 0.2) is 36.4 Å². The molecular formula is C18H14ClFN4O. The predicted octanol–water partition coefficient (Wildman–Crippen LogP) is 4.44. The molecule has 7 heteroatoms. The molecule has 0 saturated carbocycles. The van der Waals surface area contributed by atoms with E-state index in [1.165, 1.54) is 12.1 Å². The van der Waals surface area contributed by atoms with Gasteiger partial charge in [-0.1, -0.05) is 23.7 Å². The highest BCUT2D eigenvalue weighted by atomic mass is 35.5. The van der Waals surface area contributed by atoms with Crippen molar-refractivity contribution in [2.45, 2.75) is 13.8 Å². The Balaban J connectivity index is 2.16. The molecular weight excluding hydrogens is 343 g/mol. The summed E-state index contributed by atoms with van der Waals surface area (Å²) in [7, 11) is 0. The molecule has 0 radical (unpaired) electrons. The standard InChI is InChI=1S/C18H14ClFN4O/c1-3-25-15-9-11(20)8-14-16(15)21-10(2)17-22-23-18(24(14)17)12-6-4-5-7-13(12)19/h4-9H,3H2,1-2H3. The average molecular weight is 357 g/mol. The number of benzene rings is 2. The Kier molecular flexibility index (Phi) is 3.77. The smallest absolute Gasteiger partial charge is 0.183 e. The van der Waals surface area contributed by atoms with Crippen molar-refractivity contribution in [1.82, 2.24) is 19.6 Å². The minimum absolute atomic E-state index is 0.390. The van der Waals surface area contributed by atoms with E-state index in [0.29, 0.717) is 51.1 Å². The summed E-state index contributed by atoms with van der Waals surface area (Å²) < 4.78 is 21.5. The first-order valence-electron chi connectivity index (χ1n) is 7.83. The molecule has 25 heavy (non-hydrogen) atoms. The maximum atomic E-state index is 14.2. The van der Waals surface area contributed by atoms with Crippen LogP contribution in [0.3, 0.4) is 0 Å². The van der Waals surface area contributed by atoms with Gasteiger partial charge in [0.05, 0.1) is 22.8 Å². The highest BCUT2D eigenvalue weighted by Gasteiger charge is 2.19. The van der Waals surface area contributed by atoms with E-state index in [9.17, 15) is 4.39 Å². The van der Waals surface area contributed by atoms with E-state index >= 15 is 0 Å². The topological polar surface area (TPSA) is 52.3 Å². The summed E-state index contributed by atoms with van der Waals surface area (Å²) in [6.07, 6.45) is 0. The highest BCUT2D eigenvalue weighted by Crippen LogP contribution is 2.32. The average Bonchev–Trinajstić information content (AvgIpc) is 3.02. The SMILES string of the molecule is CCOc1cc(F)cc2c1nc(C)c1nnc(-c3ccccc3Cl)n12. The second kappa shape index (κ2) is 5.97. The third kappa shape index (κ3) is 2.49. The molecule has 5 nitrogen and oxygen atoms in total. The molecule has 126 valence electrons. The van der Waals surface area contributed by atoms with Crippen molar-refractivity contribution in [2.75, 3.05) is 6.61 Å². The lowest BCUT2D eigenvalue weighted by Crippen LogP contribution is -2.02. The van der Waals surface area contributed by atoms with E-state index < -0.39 is 5.82 Å². The Bertz CT molecular complexity index is 1110. The van der Waals surface area contributed by atoms with E-state index in [0.717, 1.165) is 0 Å². The van der Waals surface area contributed by atoms with Gasteiger partial charge in [-0.2, -0.15) is 0 Å². The summed E-state index contributed by atoms with van der Waals surface area (Å²) in [5.41, 5.74) is 3.03. The molecule has 0 saturated heterocycles. The van der Waals surface area contributed by atoms with Gasteiger partial charge in [-0.05, 0) is 26.0 Å². The molecule has 0 aliphatic heterocycles. The van der Waals surface area contributed by atoms with Crippen LogP contribution in [0.25, 0.3) is 28.1 Å². The Morgan fingerprint density at radius 3 is 2.76 bits per heavy atom. The minimum Gasteiger partial charge on any atom is -0.491 e. The molecule has 4 rings (SSSR count). The van der Waals surface area contributed by atoms with Gasteiger partial charge < -0.3 is 4.74 Å². The molecule has 0 atom stereocenters. The summed E-state index contributed by atoms with van der Waals surface area (Å²) in [5, 5.41) is 9.03. The molecule has 0 bridgehead atoms. The number of aromatic nitrogens is 4. The zero-order chi connectivity index (χ0) is 17.6.